The predicted octanol–water partition coefficient (Wildman–Crippen LogP) is 1.57. The van der Waals surface area contributed by atoms with Crippen LogP contribution in [-0.2, 0) is 0 Å². The fourth-order valence-electron chi connectivity index (χ4n) is 4.38. The summed E-state index contributed by atoms with van der Waals surface area (Å²) in [6.45, 7) is 15.5. The quantitative estimate of drug-likeness (QED) is 0.838. The van der Waals surface area contributed by atoms with Crippen LogP contribution in [0.2, 0.25) is 0 Å². The Kier molecular flexibility index (Phi) is 8.98. The molecule has 3 aliphatic heterocycles. The fraction of sp³-hybridized carbons (Fsp3) is 1.00. The van der Waals surface area contributed by atoms with Crippen molar-refractivity contribution in [3.8, 4) is 0 Å². The molecule has 5 heteroatoms. The van der Waals surface area contributed by atoms with Gasteiger partial charge in [-0.1, -0.05) is 13.8 Å². The van der Waals surface area contributed by atoms with Gasteiger partial charge in [0.1, 0.15) is 0 Å². The molecule has 3 rings (SSSR count). The van der Waals surface area contributed by atoms with Crippen LogP contribution in [0.1, 0.15) is 39.5 Å². The maximum Gasteiger partial charge on any atom is 0.0134 e. The Balaban J connectivity index is 0.00000100. The lowest BCUT2D eigenvalue weighted by molar-refractivity contribution is 0.0482. The molecule has 142 valence electrons. The lowest BCUT2D eigenvalue weighted by Gasteiger charge is -2.43. The van der Waals surface area contributed by atoms with Gasteiger partial charge in [0.15, 0.2) is 0 Å². The van der Waals surface area contributed by atoms with Gasteiger partial charge in [-0.25, -0.2) is 5.01 Å². The van der Waals surface area contributed by atoms with Crippen LogP contribution >= 0.6 is 0 Å². The summed E-state index contributed by atoms with van der Waals surface area (Å²) in [6.07, 6.45) is 5.46. The van der Waals surface area contributed by atoms with Crippen molar-refractivity contribution in [3.63, 3.8) is 0 Å². The van der Waals surface area contributed by atoms with Crippen LogP contribution in [-0.4, -0.2) is 98.7 Å². The average Bonchev–Trinajstić information content (AvgIpc) is 2.65. The van der Waals surface area contributed by atoms with Gasteiger partial charge in [-0.15, -0.1) is 0 Å². The number of hydrogen-bond donors (Lipinski definition) is 1. The van der Waals surface area contributed by atoms with Crippen LogP contribution < -0.4 is 5.43 Å². The molecule has 0 aromatic rings. The fourth-order valence-corrected chi connectivity index (χ4v) is 4.38. The minimum Gasteiger partial charge on any atom is -0.306 e. The first kappa shape index (κ1) is 20.1. The van der Waals surface area contributed by atoms with Gasteiger partial charge >= 0.3 is 0 Å². The lowest BCUT2D eigenvalue weighted by Crippen LogP contribution is -2.54. The molecule has 3 saturated heterocycles. The first-order valence-corrected chi connectivity index (χ1v) is 10.3. The Morgan fingerprint density at radius 3 is 1.92 bits per heavy atom. The smallest absolute Gasteiger partial charge is 0.0134 e. The number of nitrogens with zero attached hydrogens (tertiary/aromatic N) is 4. The van der Waals surface area contributed by atoms with Crippen molar-refractivity contribution < 1.29 is 0 Å². The molecule has 0 atom stereocenters. The average molecular weight is 340 g/mol. The van der Waals surface area contributed by atoms with Crippen molar-refractivity contribution in [2.24, 2.45) is 5.92 Å². The normalized spacial score (nSPS) is 27.0. The van der Waals surface area contributed by atoms with Crippen molar-refractivity contribution in [2.45, 2.75) is 45.6 Å². The summed E-state index contributed by atoms with van der Waals surface area (Å²) in [4.78, 5) is 7.97. The van der Waals surface area contributed by atoms with Crippen molar-refractivity contribution in [2.75, 3.05) is 73.0 Å². The number of hydrogen-bond acceptors (Lipinski definition) is 5. The zero-order valence-electron chi connectivity index (χ0n) is 16.6. The summed E-state index contributed by atoms with van der Waals surface area (Å²) in [5.74, 6) is 0.916. The Hall–Kier alpha value is -0.200. The molecule has 0 amide bonds. The molecular weight excluding hydrogens is 298 g/mol. The Bertz CT molecular complexity index is 314. The highest BCUT2D eigenvalue weighted by Crippen LogP contribution is 2.20. The van der Waals surface area contributed by atoms with Crippen molar-refractivity contribution in [3.05, 3.63) is 0 Å². The third-order valence-electron chi connectivity index (χ3n) is 6.06. The predicted molar refractivity (Wildman–Crippen MR) is 103 cm³/mol. The van der Waals surface area contributed by atoms with E-state index in [1.807, 2.05) is 20.9 Å². The minimum absolute atomic E-state index is 0.859. The van der Waals surface area contributed by atoms with Crippen molar-refractivity contribution in [1.82, 2.24) is 25.1 Å². The van der Waals surface area contributed by atoms with E-state index in [0.29, 0.717) is 0 Å². The first-order chi connectivity index (χ1) is 11.7. The molecule has 24 heavy (non-hydrogen) atoms. The van der Waals surface area contributed by atoms with Crippen LogP contribution in [0.15, 0.2) is 0 Å². The first-order valence-electron chi connectivity index (χ1n) is 10.3. The number of hydrazine groups is 1. The van der Waals surface area contributed by atoms with Gasteiger partial charge in [0.2, 0.25) is 0 Å². The summed E-state index contributed by atoms with van der Waals surface area (Å²) in [6, 6.07) is 0.859. The molecule has 0 aliphatic carbocycles. The SMILES string of the molecule is CC.CNN1CCC(CN2CCN(C3CCN(C)CC3)CC2)CC1. The van der Waals surface area contributed by atoms with E-state index >= 15 is 0 Å². The number of piperidine rings is 2. The molecular formula is C19H41N5. The number of likely N-dealkylation sites (tertiary alicyclic amines) is 1. The summed E-state index contributed by atoms with van der Waals surface area (Å²) < 4.78 is 0. The largest absolute Gasteiger partial charge is 0.306 e. The summed E-state index contributed by atoms with van der Waals surface area (Å²) in [7, 11) is 4.30. The number of piperazine rings is 1. The molecule has 3 heterocycles. The molecule has 0 spiro atoms. The van der Waals surface area contributed by atoms with E-state index in [2.05, 4.69) is 32.2 Å². The van der Waals surface area contributed by atoms with Crippen LogP contribution in [0.25, 0.3) is 0 Å². The molecule has 0 radical (unpaired) electrons. The zero-order valence-corrected chi connectivity index (χ0v) is 16.6. The van der Waals surface area contributed by atoms with Gasteiger partial charge in [0.05, 0.1) is 0 Å². The molecule has 0 aromatic carbocycles. The van der Waals surface area contributed by atoms with E-state index in [1.54, 1.807) is 0 Å². The Morgan fingerprint density at radius 1 is 0.792 bits per heavy atom. The van der Waals surface area contributed by atoms with E-state index in [1.165, 1.54) is 84.6 Å². The van der Waals surface area contributed by atoms with E-state index in [4.69, 9.17) is 0 Å². The Morgan fingerprint density at radius 2 is 1.38 bits per heavy atom. The van der Waals surface area contributed by atoms with Crippen molar-refractivity contribution >= 4 is 0 Å². The number of rotatable bonds is 4. The standard InChI is InChI=1S/C17H35N5.C2H6/c1-18-22-9-3-16(4-10-22)15-20-11-13-21(14-12-20)17-5-7-19(2)8-6-17;1-2/h16-18H,3-15H2,1-2H3;1-2H3. The molecule has 0 bridgehead atoms. The molecule has 3 fully saturated rings. The zero-order chi connectivity index (χ0) is 17.4. The third-order valence-corrected chi connectivity index (χ3v) is 6.06. The summed E-state index contributed by atoms with van der Waals surface area (Å²) in [5.41, 5.74) is 3.28. The van der Waals surface area contributed by atoms with Crippen LogP contribution in [0.5, 0.6) is 0 Å². The van der Waals surface area contributed by atoms with Crippen LogP contribution in [0.4, 0.5) is 0 Å². The lowest BCUT2D eigenvalue weighted by atomic mass is 9.96. The molecule has 0 aromatic heterocycles. The third kappa shape index (κ3) is 5.95. The van der Waals surface area contributed by atoms with E-state index in [9.17, 15) is 0 Å². The van der Waals surface area contributed by atoms with Gasteiger partial charge in [0.25, 0.3) is 0 Å². The van der Waals surface area contributed by atoms with E-state index in [-0.39, 0.29) is 0 Å². The van der Waals surface area contributed by atoms with E-state index in [0.717, 1.165) is 12.0 Å². The Labute approximate surface area is 150 Å². The maximum atomic E-state index is 3.28. The second-order valence-corrected chi connectivity index (χ2v) is 7.53. The second-order valence-electron chi connectivity index (χ2n) is 7.53. The maximum absolute atomic E-state index is 3.28. The number of nitrogens with one attached hydrogen (secondary N) is 1. The van der Waals surface area contributed by atoms with Crippen LogP contribution in [0, 0.1) is 5.92 Å². The molecule has 1 N–H and O–H groups in total. The van der Waals surface area contributed by atoms with Crippen LogP contribution in [0.3, 0.4) is 0 Å². The van der Waals surface area contributed by atoms with E-state index < -0.39 is 0 Å². The monoisotopic (exact) mass is 339 g/mol. The molecule has 0 unspecified atom stereocenters. The van der Waals surface area contributed by atoms with Crippen molar-refractivity contribution in [1.29, 1.82) is 0 Å². The summed E-state index contributed by atoms with van der Waals surface area (Å²) in [5, 5.41) is 2.36. The molecule has 5 nitrogen and oxygen atoms in total. The second kappa shape index (κ2) is 10.7. The highest BCUT2D eigenvalue weighted by Gasteiger charge is 2.28. The van der Waals surface area contributed by atoms with Gasteiger partial charge in [0, 0.05) is 51.9 Å². The summed E-state index contributed by atoms with van der Waals surface area (Å²) >= 11 is 0. The topological polar surface area (TPSA) is 25.0 Å². The minimum atomic E-state index is 0.859. The highest BCUT2D eigenvalue weighted by atomic mass is 15.5. The van der Waals surface area contributed by atoms with Gasteiger partial charge in [-0.2, -0.15) is 0 Å². The highest BCUT2D eigenvalue weighted by molar-refractivity contribution is 4.84. The van der Waals surface area contributed by atoms with Gasteiger partial charge in [-0.3, -0.25) is 10.3 Å². The van der Waals surface area contributed by atoms with Gasteiger partial charge < -0.3 is 9.80 Å². The molecule has 3 aliphatic rings. The molecule has 0 saturated carbocycles. The van der Waals surface area contributed by atoms with Gasteiger partial charge in [-0.05, 0) is 58.8 Å².